The molecule has 0 aliphatic heterocycles. The normalized spacial score (nSPS) is 15.6. The van der Waals surface area contributed by atoms with Crippen LogP contribution >= 0.6 is 0 Å². The minimum atomic E-state index is -0.482. The summed E-state index contributed by atoms with van der Waals surface area (Å²) in [7, 11) is 0. The van der Waals surface area contributed by atoms with Gasteiger partial charge < -0.3 is 0 Å². The molecule has 0 saturated carbocycles. The van der Waals surface area contributed by atoms with Crippen molar-refractivity contribution in [2.24, 2.45) is 0 Å². The van der Waals surface area contributed by atoms with Crippen LogP contribution in [0.25, 0.3) is 66.4 Å². The van der Waals surface area contributed by atoms with Crippen molar-refractivity contribution in [3.63, 3.8) is 0 Å². The van der Waals surface area contributed by atoms with Crippen molar-refractivity contribution in [1.29, 1.82) is 0 Å². The maximum Gasteiger partial charge on any atom is 0.0713 e. The molecule has 0 saturated heterocycles. The van der Waals surface area contributed by atoms with E-state index in [0.717, 1.165) is 0 Å². The number of fused-ring (bicyclic) bond motifs is 11. The summed E-state index contributed by atoms with van der Waals surface area (Å²) in [5.74, 6) is 0.252. The lowest BCUT2D eigenvalue weighted by Crippen LogP contribution is -2.28. The average molecular weight is 849 g/mol. The Morgan fingerprint density at radius 3 is 1.54 bits per heavy atom. The fourth-order valence-electron chi connectivity index (χ4n) is 12.5. The van der Waals surface area contributed by atoms with Crippen LogP contribution in [0.1, 0.15) is 67.5 Å². The van der Waals surface area contributed by atoms with Crippen molar-refractivity contribution in [2.75, 3.05) is 0 Å². The van der Waals surface area contributed by atoms with Gasteiger partial charge in [0, 0.05) is 11.8 Å². The predicted octanol–water partition coefficient (Wildman–Crippen LogP) is 16.9. The number of hydrogen-bond acceptors (Lipinski definition) is 0. The van der Waals surface area contributed by atoms with Gasteiger partial charge in [-0.1, -0.05) is 243 Å². The Labute approximate surface area is 392 Å². The first-order valence-corrected chi connectivity index (χ1v) is 23.6. The highest BCUT2D eigenvalue weighted by atomic mass is 14.5. The van der Waals surface area contributed by atoms with E-state index >= 15 is 0 Å². The van der Waals surface area contributed by atoms with Gasteiger partial charge in [-0.2, -0.15) is 0 Å². The summed E-state index contributed by atoms with van der Waals surface area (Å²) >= 11 is 0. The molecular weight excluding hydrogens is 805 g/mol. The molecule has 2 atom stereocenters. The van der Waals surface area contributed by atoms with E-state index in [1.54, 1.807) is 0 Å². The van der Waals surface area contributed by atoms with Crippen LogP contribution in [0.4, 0.5) is 0 Å². The molecule has 67 heavy (non-hydrogen) atoms. The van der Waals surface area contributed by atoms with E-state index in [2.05, 4.69) is 255 Å². The summed E-state index contributed by atoms with van der Waals surface area (Å²) < 4.78 is 0. The summed E-state index contributed by atoms with van der Waals surface area (Å²) in [6.07, 6.45) is 0. The molecule has 2 unspecified atom stereocenters. The smallest absolute Gasteiger partial charge is 0.0622 e. The molecule has 11 aromatic carbocycles. The zero-order valence-electron chi connectivity index (χ0n) is 36.9. The number of hydrogen-bond donors (Lipinski definition) is 0. The molecule has 0 N–H and O–H groups in total. The van der Waals surface area contributed by atoms with Gasteiger partial charge in [0.05, 0.1) is 5.41 Å². The predicted molar refractivity (Wildman–Crippen MR) is 278 cm³/mol. The van der Waals surface area contributed by atoms with Gasteiger partial charge in [-0.3, -0.25) is 0 Å². The van der Waals surface area contributed by atoms with Gasteiger partial charge in [0.15, 0.2) is 0 Å². The summed E-state index contributed by atoms with van der Waals surface area (Å²) in [6, 6.07) is 95.9. The van der Waals surface area contributed by atoms with E-state index in [-0.39, 0.29) is 11.8 Å². The Morgan fingerprint density at radius 2 is 0.791 bits per heavy atom. The molecule has 0 radical (unpaired) electrons. The molecule has 0 bridgehead atoms. The van der Waals surface area contributed by atoms with Crippen molar-refractivity contribution in [2.45, 2.75) is 17.3 Å². The van der Waals surface area contributed by atoms with Crippen LogP contribution in [-0.2, 0) is 5.41 Å². The molecule has 11 aromatic rings. The lowest BCUT2D eigenvalue weighted by Gasteiger charge is -2.34. The van der Waals surface area contributed by atoms with Crippen molar-refractivity contribution in [3.05, 3.63) is 310 Å². The van der Waals surface area contributed by atoms with Crippen LogP contribution in [0.5, 0.6) is 0 Å². The Balaban J connectivity index is 0.978. The second-order valence-corrected chi connectivity index (χ2v) is 18.6. The standard InChI is InChI=1S/C67H44/c1-4-17-43(18-5-1)44-31-33-46(34-32-44)63-54-27-13-12-26-52(54)59-41-47(35-37-55(59)63)48-36-38-56-60(42-48)65-58(64(56)53-29-16-20-45-19-10-11-25-51(45)53)39-40-62-66(65)57-28-14-15-30-61(57)67(62,49-21-6-2-7-22-49)50-23-8-3-9-24-50/h1-42,63-64H. The highest BCUT2D eigenvalue weighted by molar-refractivity contribution is 6.02. The molecule has 0 amide bonds. The van der Waals surface area contributed by atoms with Crippen LogP contribution in [0.15, 0.2) is 255 Å². The molecule has 0 heterocycles. The first-order chi connectivity index (χ1) is 33.3. The quantitative estimate of drug-likeness (QED) is 0.156. The summed E-state index contributed by atoms with van der Waals surface area (Å²) in [5, 5.41) is 2.58. The second-order valence-electron chi connectivity index (χ2n) is 18.6. The van der Waals surface area contributed by atoms with Crippen LogP contribution in [0, 0.1) is 0 Å². The Hall–Kier alpha value is -8.32. The monoisotopic (exact) mass is 848 g/mol. The fourth-order valence-corrected chi connectivity index (χ4v) is 12.5. The third-order valence-electron chi connectivity index (χ3n) is 15.3. The molecule has 0 spiro atoms. The third-order valence-corrected chi connectivity index (χ3v) is 15.3. The lowest BCUT2D eigenvalue weighted by atomic mass is 9.67. The van der Waals surface area contributed by atoms with E-state index in [1.165, 1.54) is 122 Å². The van der Waals surface area contributed by atoms with Gasteiger partial charge in [-0.25, -0.2) is 0 Å². The topological polar surface area (TPSA) is 0 Å². The summed E-state index contributed by atoms with van der Waals surface area (Å²) in [4.78, 5) is 0. The van der Waals surface area contributed by atoms with E-state index in [1.807, 2.05) is 0 Å². The molecule has 0 nitrogen and oxygen atoms in total. The van der Waals surface area contributed by atoms with Crippen LogP contribution < -0.4 is 0 Å². The van der Waals surface area contributed by atoms with Crippen molar-refractivity contribution in [3.8, 4) is 55.6 Å². The maximum atomic E-state index is 2.52. The van der Waals surface area contributed by atoms with E-state index in [4.69, 9.17) is 0 Å². The summed E-state index contributed by atoms with van der Waals surface area (Å²) in [5.41, 5.74) is 25.9. The highest BCUT2D eigenvalue weighted by Gasteiger charge is 2.49. The van der Waals surface area contributed by atoms with Crippen molar-refractivity contribution < 1.29 is 0 Å². The highest BCUT2D eigenvalue weighted by Crippen LogP contribution is 2.63. The van der Waals surface area contributed by atoms with Gasteiger partial charge in [-0.15, -0.1) is 0 Å². The van der Waals surface area contributed by atoms with E-state index in [9.17, 15) is 0 Å². The van der Waals surface area contributed by atoms with Gasteiger partial charge in [0.1, 0.15) is 0 Å². The molecule has 14 rings (SSSR count). The zero-order chi connectivity index (χ0) is 44.1. The van der Waals surface area contributed by atoms with Crippen LogP contribution in [0.2, 0.25) is 0 Å². The lowest BCUT2D eigenvalue weighted by molar-refractivity contribution is 0.768. The van der Waals surface area contributed by atoms with Crippen molar-refractivity contribution >= 4 is 10.8 Å². The SMILES string of the molecule is c1ccc(-c2ccc(C3c4ccccc4-c4cc(-c5ccc6c(c5)-c5c(ccc7c5-c5ccccc5C7(c5ccccc5)c5ccccc5)C6c5cccc6ccccc56)ccc43)cc2)cc1. The molecule has 0 fully saturated rings. The Morgan fingerprint density at radius 1 is 0.269 bits per heavy atom. The van der Waals surface area contributed by atoms with Gasteiger partial charge >= 0.3 is 0 Å². The van der Waals surface area contributed by atoms with Gasteiger partial charge in [-0.05, 0) is 134 Å². The Kier molecular flexibility index (Phi) is 8.43. The third kappa shape index (κ3) is 5.54. The van der Waals surface area contributed by atoms with E-state index in [0.29, 0.717) is 0 Å². The molecule has 312 valence electrons. The second kappa shape index (κ2) is 14.9. The number of rotatable bonds is 6. The van der Waals surface area contributed by atoms with Crippen molar-refractivity contribution in [1.82, 2.24) is 0 Å². The number of benzene rings is 11. The largest absolute Gasteiger partial charge is 0.0713 e. The van der Waals surface area contributed by atoms with Crippen LogP contribution in [0.3, 0.4) is 0 Å². The molecule has 0 heteroatoms. The molecular formula is C67H44. The van der Waals surface area contributed by atoms with Crippen LogP contribution in [-0.4, -0.2) is 0 Å². The first-order valence-electron chi connectivity index (χ1n) is 23.6. The van der Waals surface area contributed by atoms with Gasteiger partial charge in [0.2, 0.25) is 0 Å². The summed E-state index contributed by atoms with van der Waals surface area (Å²) in [6.45, 7) is 0. The minimum Gasteiger partial charge on any atom is -0.0622 e. The molecule has 0 aromatic heterocycles. The molecule has 3 aliphatic carbocycles. The minimum absolute atomic E-state index is 0.0759. The van der Waals surface area contributed by atoms with E-state index < -0.39 is 5.41 Å². The van der Waals surface area contributed by atoms with Gasteiger partial charge in [0.25, 0.3) is 0 Å². The Bertz CT molecular complexity index is 3680. The zero-order valence-corrected chi connectivity index (χ0v) is 36.9. The fraction of sp³-hybridized carbons (Fsp3) is 0.0448. The first kappa shape index (κ1) is 38.0. The maximum absolute atomic E-state index is 2.52. The molecule has 3 aliphatic rings. The average Bonchev–Trinajstić information content (AvgIpc) is 4.03.